The lowest BCUT2D eigenvalue weighted by atomic mass is 9.78. The number of aromatic nitrogens is 1. The van der Waals surface area contributed by atoms with Gasteiger partial charge in [0, 0.05) is 6.04 Å². The van der Waals surface area contributed by atoms with Crippen molar-refractivity contribution in [1.29, 1.82) is 0 Å². The van der Waals surface area contributed by atoms with Gasteiger partial charge in [-0.15, -0.1) is 0 Å². The zero-order chi connectivity index (χ0) is 17.4. The molecule has 1 aliphatic heterocycles. The van der Waals surface area contributed by atoms with Gasteiger partial charge in [-0.3, -0.25) is 5.32 Å². The molecule has 3 atom stereocenters. The molecule has 2 aliphatic rings. The van der Waals surface area contributed by atoms with E-state index in [-0.39, 0.29) is 12.1 Å². The highest BCUT2D eigenvalue weighted by Gasteiger charge is 2.30. The predicted molar refractivity (Wildman–Crippen MR) is 94.4 cm³/mol. The van der Waals surface area contributed by atoms with E-state index in [9.17, 15) is 4.79 Å². The number of carbonyl (C=O) groups is 1. The van der Waals surface area contributed by atoms with Crippen LogP contribution in [0.1, 0.15) is 38.7 Å². The number of benzene rings is 1. The second kappa shape index (κ2) is 6.43. The number of hydrogen-bond acceptors (Lipinski definition) is 4. The summed E-state index contributed by atoms with van der Waals surface area (Å²) in [6, 6.07) is 7.62. The Hall–Kier alpha value is -2.50. The second-order valence-corrected chi connectivity index (χ2v) is 7.10. The molecule has 3 unspecified atom stereocenters. The van der Waals surface area contributed by atoms with Crippen LogP contribution in [0.15, 0.2) is 28.8 Å². The number of para-hydroxylation sites is 1. The second-order valence-electron chi connectivity index (χ2n) is 7.10. The third-order valence-electron chi connectivity index (χ3n) is 5.55. The van der Waals surface area contributed by atoms with E-state index >= 15 is 0 Å². The molecule has 2 amide bonds. The highest BCUT2D eigenvalue weighted by atomic mass is 16.5. The van der Waals surface area contributed by atoms with Crippen molar-refractivity contribution in [3.05, 3.63) is 29.8 Å². The molecule has 0 saturated heterocycles. The van der Waals surface area contributed by atoms with Gasteiger partial charge >= 0.3 is 6.03 Å². The first-order chi connectivity index (χ1) is 12.1. The number of anilines is 1. The average Bonchev–Trinajstić information content (AvgIpc) is 3.02. The molecule has 1 saturated carbocycles. The minimum absolute atomic E-state index is 0.198. The van der Waals surface area contributed by atoms with Gasteiger partial charge in [-0.2, -0.15) is 0 Å². The van der Waals surface area contributed by atoms with E-state index in [1.165, 1.54) is 6.42 Å². The fourth-order valence-corrected chi connectivity index (χ4v) is 3.78. The lowest BCUT2D eigenvalue weighted by Crippen LogP contribution is -2.45. The molecule has 132 valence electrons. The summed E-state index contributed by atoms with van der Waals surface area (Å²) in [5.41, 5.74) is 1.64. The Morgan fingerprint density at radius 2 is 2.08 bits per heavy atom. The molecule has 1 aromatic heterocycles. The fourth-order valence-electron chi connectivity index (χ4n) is 3.78. The maximum absolute atomic E-state index is 12.4. The van der Waals surface area contributed by atoms with Crippen LogP contribution in [-0.2, 0) is 6.61 Å². The number of nitrogens with one attached hydrogen (secondary N) is 2. The van der Waals surface area contributed by atoms with E-state index in [1.54, 1.807) is 0 Å². The fraction of sp³-hybridized carbons (Fsp3) is 0.474. The van der Waals surface area contributed by atoms with Gasteiger partial charge in [0.15, 0.2) is 11.6 Å². The first-order valence-corrected chi connectivity index (χ1v) is 8.91. The van der Waals surface area contributed by atoms with Crippen LogP contribution >= 0.6 is 0 Å². The van der Waals surface area contributed by atoms with Crippen molar-refractivity contribution >= 4 is 11.8 Å². The standard InChI is InChI=1S/C19H23N3O3/c1-11-6-5-8-15(12(11)2)20-19(23)21-18-14-10-24-16-9-4-3-7-13(16)17(14)25-22-18/h3-4,7,9,11-12,15H,5-6,8,10H2,1-2H3,(H2,20,21,22,23). The number of nitrogens with zero attached hydrogens (tertiary/aromatic N) is 1. The molecule has 0 radical (unpaired) electrons. The van der Waals surface area contributed by atoms with E-state index in [2.05, 4.69) is 29.6 Å². The van der Waals surface area contributed by atoms with Crippen molar-refractivity contribution in [2.75, 3.05) is 5.32 Å². The molecule has 1 fully saturated rings. The molecule has 6 nitrogen and oxygen atoms in total. The van der Waals surface area contributed by atoms with Gasteiger partial charge in [-0.05, 0) is 30.4 Å². The largest absolute Gasteiger partial charge is 0.488 e. The monoisotopic (exact) mass is 341 g/mol. The quantitative estimate of drug-likeness (QED) is 0.859. The highest BCUT2D eigenvalue weighted by molar-refractivity contribution is 5.90. The Morgan fingerprint density at radius 1 is 1.24 bits per heavy atom. The number of carbonyl (C=O) groups excluding carboxylic acids is 1. The molecule has 6 heteroatoms. The van der Waals surface area contributed by atoms with Crippen LogP contribution in [0.25, 0.3) is 11.3 Å². The van der Waals surface area contributed by atoms with Crippen LogP contribution < -0.4 is 15.4 Å². The molecular formula is C19H23N3O3. The summed E-state index contributed by atoms with van der Waals surface area (Å²) < 4.78 is 11.2. The molecule has 0 bridgehead atoms. The molecule has 25 heavy (non-hydrogen) atoms. The summed E-state index contributed by atoms with van der Waals surface area (Å²) in [7, 11) is 0. The van der Waals surface area contributed by atoms with Gasteiger partial charge in [0.1, 0.15) is 12.4 Å². The summed E-state index contributed by atoms with van der Waals surface area (Å²) in [6.07, 6.45) is 3.40. The molecule has 0 spiro atoms. The normalized spacial score (nSPS) is 24.6. The van der Waals surface area contributed by atoms with Crippen LogP contribution in [0.3, 0.4) is 0 Å². The minimum Gasteiger partial charge on any atom is -0.488 e. The lowest BCUT2D eigenvalue weighted by molar-refractivity contribution is 0.201. The Kier molecular flexibility index (Phi) is 4.11. The summed E-state index contributed by atoms with van der Waals surface area (Å²) in [5.74, 6) is 2.96. The van der Waals surface area contributed by atoms with Gasteiger partial charge in [0.2, 0.25) is 0 Å². The van der Waals surface area contributed by atoms with Gasteiger partial charge in [0.05, 0.1) is 11.1 Å². The van der Waals surface area contributed by atoms with Crippen molar-refractivity contribution in [1.82, 2.24) is 10.5 Å². The Labute approximate surface area is 146 Å². The van der Waals surface area contributed by atoms with Gasteiger partial charge in [-0.1, -0.05) is 44.0 Å². The zero-order valence-corrected chi connectivity index (χ0v) is 14.5. The summed E-state index contributed by atoms with van der Waals surface area (Å²) in [4.78, 5) is 12.4. The van der Waals surface area contributed by atoms with Crippen LogP contribution in [0.4, 0.5) is 10.6 Å². The van der Waals surface area contributed by atoms with Crippen molar-refractivity contribution < 1.29 is 14.1 Å². The lowest BCUT2D eigenvalue weighted by Gasteiger charge is -2.34. The van der Waals surface area contributed by atoms with Crippen LogP contribution in [0, 0.1) is 11.8 Å². The third-order valence-corrected chi connectivity index (χ3v) is 5.55. The van der Waals surface area contributed by atoms with E-state index < -0.39 is 0 Å². The molecule has 4 rings (SSSR count). The first kappa shape index (κ1) is 16.0. The van der Waals surface area contributed by atoms with Gasteiger partial charge < -0.3 is 14.6 Å². The number of ether oxygens (including phenoxy) is 1. The number of fused-ring (bicyclic) bond motifs is 3. The molecule has 2 N–H and O–H groups in total. The summed E-state index contributed by atoms with van der Waals surface area (Å²) in [5, 5.41) is 9.96. The van der Waals surface area contributed by atoms with Crippen LogP contribution in [-0.4, -0.2) is 17.2 Å². The van der Waals surface area contributed by atoms with Gasteiger partial charge in [0.25, 0.3) is 0 Å². The van der Waals surface area contributed by atoms with Crippen molar-refractivity contribution in [3.63, 3.8) is 0 Å². The SMILES string of the molecule is CC1CCCC(NC(=O)Nc2noc3c2COc2ccccc2-3)C1C. The van der Waals surface area contributed by atoms with Gasteiger partial charge in [-0.25, -0.2) is 4.79 Å². The van der Waals surface area contributed by atoms with Crippen molar-refractivity contribution in [3.8, 4) is 17.1 Å². The van der Waals surface area contributed by atoms with Crippen LogP contribution in [0.2, 0.25) is 0 Å². The molecule has 1 aliphatic carbocycles. The predicted octanol–water partition coefficient (Wildman–Crippen LogP) is 4.18. The molecule has 2 heterocycles. The zero-order valence-electron chi connectivity index (χ0n) is 14.5. The van der Waals surface area contributed by atoms with E-state index in [0.717, 1.165) is 29.7 Å². The topological polar surface area (TPSA) is 76.4 Å². The number of hydrogen-bond donors (Lipinski definition) is 2. The summed E-state index contributed by atoms with van der Waals surface area (Å²) >= 11 is 0. The highest BCUT2D eigenvalue weighted by Crippen LogP contribution is 2.40. The van der Waals surface area contributed by atoms with Crippen molar-refractivity contribution in [2.24, 2.45) is 11.8 Å². The van der Waals surface area contributed by atoms with Crippen molar-refractivity contribution in [2.45, 2.75) is 45.8 Å². The maximum Gasteiger partial charge on any atom is 0.320 e. The number of rotatable bonds is 2. The van der Waals surface area contributed by atoms with E-state index in [0.29, 0.717) is 30.0 Å². The molecule has 1 aromatic carbocycles. The first-order valence-electron chi connectivity index (χ1n) is 8.91. The smallest absolute Gasteiger partial charge is 0.320 e. The Bertz CT molecular complexity index is 786. The minimum atomic E-state index is -0.235. The molecule has 2 aromatic rings. The Balaban J connectivity index is 1.48. The third kappa shape index (κ3) is 2.97. The average molecular weight is 341 g/mol. The van der Waals surface area contributed by atoms with Crippen LogP contribution in [0.5, 0.6) is 5.75 Å². The maximum atomic E-state index is 12.4. The number of amides is 2. The Morgan fingerprint density at radius 3 is 2.96 bits per heavy atom. The summed E-state index contributed by atoms with van der Waals surface area (Å²) in [6.45, 7) is 4.79. The van der Waals surface area contributed by atoms with E-state index in [1.807, 2.05) is 24.3 Å². The van der Waals surface area contributed by atoms with E-state index in [4.69, 9.17) is 9.26 Å². The molecular weight excluding hydrogens is 318 g/mol. The number of urea groups is 1.